The lowest BCUT2D eigenvalue weighted by molar-refractivity contribution is -0.510. The van der Waals surface area contributed by atoms with Crippen LogP contribution in [0, 0.1) is 0 Å². The Morgan fingerprint density at radius 2 is 1.03 bits per heavy atom. The largest absolute Gasteiger partial charge is 0.545 e. The first-order chi connectivity index (χ1) is 17.4. The zero-order valence-electron chi connectivity index (χ0n) is 22.0. The quantitative estimate of drug-likeness (QED) is 0.566. The van der Waals surface area contributed by atoms with Crippen molar-refractivity contribution in [1.29, 1.82) is 0 Å². The molecule has 5 rings (SSSR count). The van der Waals surface area contributed by atoms with Crippen molar-refractivity contribution in [3.8, 4) is 0 Å². The third kappa shape index (κ3) is 7.80. The van der Waals surface area contributed by atoms with Crippen LogP contribution in [0.4, 0.5) is 0 Å². The minimum Gasteiger partial charge on any atom is -0.545 e. The molecule has 198 valence electrons. The van der Waals surface area contributed by atoms with E-state index in [0.29, 0.717) is 0 Å². The van der Waals surface area contributed by atoms with Gasteiger partial charge in [-0.15, -0.1) is 0 Å². The van der Waals surface area contributed by atoms with Crippen LogP contribution < -0.4 is 10.2 Å². The highest BCUT2D eigenvalue weighted by Crippen LogP contribution is 2.16. The molecule has 0 unspecified atom stereocenters. The second kappa shape index (κ2) is 14.0. The molecule has 0 saturated carbocycles. The summed E-state index contributed by atoms with van der Waals surface area (Å²) in [6.07, 6.45) is 13.8. The van der Waals surface area contributed by atoms with E-state index in [1.165, 1.54) is 116 Å². The number of hydrogen-bond acceptors (Lipinski definition) is 6. The number of carboxylic acids is 2. The molecule has 8 nitrogen and oxygen atoms in total. The molecule has 0 spiro atoms. The van der Waals surface area contributed by atoms with E-state index < -0.39 is 11.9 Å². The van der Waals surface area contributed by atoms with Crippen molar-refractivity contribution in [3.63, 3.8) is 0 Å². The fourth-order valence-corrected chi connectivity index (χ4v) is 5.54. The molecule has 8 heteroatoms. The molecule has 4 aliphatic heterocycles. The van der Waals surface area contributed by atoms with Gasteiger partial charge in [0.25, 0.3) is 0 Å². The number of carbonyl (C=O) groups excluding carboxylic acids is 2. The molecule has 36 heavy (non-hydrogen) atoms. The van der Waals surface area contributed by atoms with Gasteiger partial charge in [0.2, 0.25) is 11.7 Å². The Morgan fingerprint density at radius 3 is 1.42 bits per heavy atom. The average molecular weight is 499 g/mol. The molecule has 4 heterocycles. The summed E-state index contributed by atoms with van der Waals surface area (Å²) in [5.74, 6) is 0.183. The molecule has 1 aromatic carbocycles. The average Bonchev–Trinajstić information content (AvgIpc) is 3.27. The van der Waals surface area contributed by atoms with Gasteiger partial charge in [0, 0.05) is 36.8 Å². The summed E-state index contributed by atoms with van der Waals surface area (Å²) < 4.78 is 4.91. The zero-order chi connectivity index (χ0) is 25.9. The fraction of sp³-hybridized carbons (Fsp3) is 0.643. The van der Waals surface area contributed by atoms with Gasteiger partial charge >= 0.3 is 0 Å². The third-order valence-electron chi connectivity index (χ3n) is 7.48. The van der Waals surface area contributed by atoms with Crippen LogP contribution in [0.5, 0.6) is 0 Å². The van der Waals surface area contributed by atoms with E-state index in [-0.39, 0.29) is 11.1 Å². The maximum Gasteiger partial charge on any atom is 0.246 e. The summed E-state index contributed by atoms with van der Waals surface area (Å²) in [7, 11) is 4.49. The van der Waals surface area contributed by atoms with Crippen LogP contribution in [0.1, 0.15) is 84.9 Å². The van der Waals surface area contributed by atoms with Gasteiger partial charge in [0.1, 0.15) is 0 Å². The third-order valence-corrected chi connectivity index (χ3v) is 7.48. The van der Waals surface area contributed by atoms with Crippen LogP contribution in [0.25, 0.3) is 0 Å². The number of nitrogens with zero attached hydrogens (tertiary/aromatic N) is 4. The number of aromatic carboxylic acids is 2. The SMILES string of the molecule is C[N+]1=C2CCCCCN2CCC1.C[N+]1=C2CCCCCN2CCC1.O=C([O-])c1ccccc1C(=O)[O-]. The van der Waals surface area contributed by atoms with E-state index in [9.17, 15) is 19.8 Å². The molecule has 0 amide bonds. The Balaban J connectivity index is 0.000000150. The molecule has 0 atom stereocenters. The Labute approximate surface area is 215 Å². The molecular formula is C28H42N4O4. The first-order valence-electron chi connectivity index (χ1n) is 13.5. The summed E-state index contributed by atoms with van der Waals surface area (Å²) >= 11 is 0. The monoisotopic (exact) mass is 498 g/mol. The molecule has 0 N–H and O–H groups in total. The number of fused-ring (bicyclic) bond motifs is 2. The van der Waals surface area contributed by atoms with Gasteiger partial charge in [-0.3, -0.25) is 19.0 Å². The number of benzene rings is 1. The molecule has 2 fully saturated rings. The Hall–Kier alpha value is -2.90. The lowest BCUT2D eigenvalue weighted by Crippen LogP contribution is -2.42. The molecule has 0 aliphatic carbocycles. The second-order valence-electron chi connectivity index (χ2n) is 10.1. The predicted molar refractivity (Wildman–Crippen MR) is 137 cm³/mol. The summed E-state index contributed by atoms with van der Waals surface area (Å²) in [5.41, 5.74) is -0.727. The van der Waals surface area contributed by atoms with Crippen LogP contribution in [0.2, 0.25) is 0 Å². The van der Waals surface area contributed by atoms with Crippen molar-refractivity contribution in [2.75, 3.05) is 53.4 Å². The Kier molecular flexibility index (Phi) is 10.8. The Bertz CT molecular complexity index is 895. The highest BCUT2D eigenvalue weighted by atomic mass is 16.4. The fourth-order valence-electron chi connectivity index (χ4n) is 5.54. The van der Waals surface area contributed by atoms with Gasteiger partial charge < -0.3 is 19.8 Å². The zero-order valence-corrected chi connectivity index (χ0v) is 22.0. The maximum atomic E-state index is 10.3. The summed E-state index contributed by atoms with van der Waals surface area (Å²) in [6.45, 7) is 7.76. The summed E-state index contributed by atoms with van der Waals surface area (Å²) in [4.78, 5) is 25.8. The van der Waals surface area contributed by atoms with Crippen molar-refractivity contribution < 1.29 is 29.0 Å². The number of carboxylic acid groups (broad SMARTS) is 2. The molecule has 2 saturated heterocycles. The van der Waals surface area contributed by atoms with Gasteiger partial charge in [0.15, 0.2) is 0 Å². The Morgan fingerprint density at radius 1 is 0.639 bits per heavy atom. The van der Waals surface area contributed by atoms with Gasteiger partial charge in [-0.1, -0.05) is 24.3 Å². The van der Waals surface area contributed by atoms with Crippen molar-refractivity contribution in [2.24, 2.45) is 0 Å². The summed E-state index contributed by atoms with van der Waals surface area (Å²) in [6, 6.07) is 5.14. The summed E-state index contributed by atoms with van der Waals surface area (Å²) in [5, 5.41) is 20.6. The van der Waals surface area contributed by atoms with Gasteiger partial charge in [0.05, 0.1) is 65.3 Å². The van der Waals surface area contributed by atoms with E-state index in [1.807, 2.05) is 0 Å². The number of carbonyl (C=O) groups is 2. The van der Waals surface area contributed by atoms with Crippen LogP contribution >= 0.6 is 0 Å². The first kappa shape index (κ1) is 27.7. The van der Waals surface area contributed by atoms with Crippen molar-refractivity contribution in [1.82, 2.24) is 9.80 Å². The van der Waals surface area contributed by atoms with E-state index in [1.54, 1.807) is 11.7 Å². The van der Waals surface area contributed by atoms with E-state index in [4.69, 9.17) is 0 Å². The first-order valence-corrected chi connectivity index (χ1v) is 13.5. The predicted octanol–water partition coefficient (Wildman–Crippen LogP) is 1.03. The van der Waals surface area contributed by atoms with Crippen molar-refractivity contribution >= 4 is 23.6 Å². The molecule has 1 aromatic rings. The minimum absolute atomic E-state index is 0.363. The van der Waals surface area contributed by atoms with Crippen LogP contribution in [0.3, 0.4) is 0 Å². The number of amidine groups is 2. The highest BCUT2D eigenvalue weighted by Gasteiger charge is 2.27. The minimum atomic E-state index is -1.52. The lowest BCUT2D eigenvalue weighted by atomic mass is 10.1. The number of hydrogen-bond donors (Lipinski definition) is 0. The standard InChI is InChI=1S/2C10H19N2.C8H6O4/c2*1-11-7-5-9-12-8-4-2-3-6-10(11)12;9-7(10)5-3-1-2-4-6(5)8(11)12/h2*2-9H2,1H3;1-4H,(H,9,10)(H,11,12)/q2*+1;/p-2. The topological polar surface area (TPSA) is 92.8 Å². The molecule has 0 radical (unpaired) electrons. The van der Waals surface area contributed by atoms with E-state index in [0.717, 1.165) is 12.1 Å². The van der Waals surface area contributed by atoms with E-state index in [2.05, 4.69) is 33.0 Å². The van der Waals surface area contributed by atoms with Crippen LogP contribution in [-0.4, -0.2) is 95.9 Å². The molecule has 4 aliphatic rings. The smallest absolute Gasteiger partial charge is 0.246 e. The van der Waals surface area contributed by atoms with Crippen molar-refractivity contribution in [2.45, 2.75) is 64.2 Å². The van der Waals surface area contributed by atoms with Gasteiger partial charge in [-0.25, -0.2) is 0 Å². The van der Waals surface area contributed by atoms with Crippen LogP contribution in [-0.2, 0) is 0 Å². The lowest BCUT2D eigenvalue weighted by Gasteiger charge is -2.23. The van der Waals surface area contributed by atoms with E-state index >= 15 is 0 Å². The normalized spacial score (nSPS) is 19.9. The van der Waals surface area contributed by atoms with Crippen LogP contribution in [0.15, 0.2) is 24.3 Å². The number of rotatable bonds is 2. The highest BCUT2D eigenvalue weighted by molar-refractivity contribution is 5.99. The molecule has 0 bridgehead atoms. The maximum absolute atomic E-state index is 10.3. The van der Waals surface area contributed by atoms with Gasteiger partial charge in [-0.05, 0) is 38.5 Å². The second-order valence-corrected chi connectivity index (χ2v) is 10.1. The van der Waals surface area contributed by atoms with Gasteiger partial charge in [-0.2, -0.15) is 0 Å². The molecule has 0 aromatic heterocycles. The molecular weight excluding hydrogens is 456 g/mol. The van der Waals surface area contributed by atoms with Crippen molar-refractivity contribution in [3.05, 3.63) is 35.4 Å².